The van der Waals surface area contributed by atoms with E-state index in [1.807, 2.05) is 30.3 Å². The molecule has 8 heteroatoms. The number of hydrogen-bond donors (Lipinski definition) is 1. The van der Waals surface area contributed by atoms with Crippen molar-refractivity contribution < 1.29 is 9.53 Å². The molecule has 1 N–H and O–H groups in total. The molecular formula is C21H18N4O2S2. The number of nitrogens with zero attached hydrogens (tertiary/aromatic N) is 3. The molecule has 2 aliphatic carbocycles. The third-order valence-corrected chi connectivity index (χ3v) is 6.81. The van der Waals surface area contributed by atoms with Gasteiger partial charge in [0.05, 0.1) is 11.3 Å². The van der Waals surface area contributed by atoms with Gasteiger partial charge < -0.3 is 4.74 Å². The number of rotatable bonds is 6. The van der Waals surface area contributed by atoms with Crippen molar-refractivity contribution in [3.8, 4) is 0 Å². The van der Waals surface area contributed by atoms with Gasteiger partial charge in [0, 0.05) is 22.9 Å². The molecule has 2 atom stereocenters. The largest absolute Gasteiger partial charge is 0.488 e. The third-order valence-electron chi connectivity index (χ3n) is 4.84. The average Bonchev–Trinajstić information content (AvgIpc) is 3.37. The van der Waals surface area contributed by atoms with E-state index >= 15 is 0 Å². The molecule has 1 fully saturated rings. The Bertz CT molecular complexity index is 1120. The predicted octanol–water partition coefficient (Wildman–Crippen LogP) is 4.67. The molecule has 1 saturated carbocycles. The van der Waals surface area contributed by atoms with Gasteiger partial charge in [0.2, 0.25) is 5.13 Å². The molecule has 0 aliphatic heterocycles. The maximum atomic E-state index is 12.2. The van der Waals surface area contributed by atoms with Crippen molar-refractivity contribution in [1.29, 1.82) is 0 Å². The summed E-state index contributed by atoms with van der Waals surface area (Å²) in [5, 5.41) is 12.6. The Morgan fingerprint density at radius 2 is 2.17 bits per heavy atom. The molecule has 1 aromatic carbocycles. The Morgan fingerprint density at radius 3 is 3.14 bits per heavy atom. The van der Waals surface area contributed by atoms with E-state index in [0.717, 1.165) is 32.3 Å². The van der Waals surface area contributed by atoms with Crippen LogP contribution in [0.2, 0.25) is 0 Å². The van der Waals surface area contributed by atoms with E-state index in [0.29, 0.717) is 17.0 Å². The summed E-state index contributed by atoms with van der Waals surface area (Å²) in [5.74, 6) is 1.89. The highest BCUT2D eigenvalue weighted by molar-refractivity contribution is 8.01. The monoisotopic (exact) mass is 422 g/mol. The summed E-state index contributed by atoms with van der Waals surface area (Å²) in [6.07, 6.45) is 10.2. The fraction of sp³-hybridized carbons (Fsp3) is 0.238. The van der Waals surface area contributed by atoms with E-state index in [2.05, 4.69) is 38.7 Å². The lowest BCUT2D eigenvalue weighted by Gasteiger charge is -2.07. The number of carbonyl (C=O) groups excluding carboxylic acids is 1. The topological polar surface area (TPSA) is 77.0 Å². The van der Waals surface area contributed by atoms with Gasteiger partial charge in [-0.1, -0.05) is 53.4 Å². The summed E-state index contributed by atoms with van der Waals surface area (Å²) in [5.41, 5.74) is 0.938. The van der Waals surface area contributed by atoms with E-state index < -0.39 is 0 Å². The van der Waals surface area contributed by atoms with Crippen LogP contribution in [0.5, 0.6) is 0 Å². The molecule has 2 heterocycles. The standard InChI is InChI=1S/C21H18N4O2S2/c26-19(12-27-15-5-3-4-13-10-14(13)11-15)23-20-24-25-21(29-20)28-18-8-9-22-17-7-2-1-6-16(17)18/h1-4,6-9,11,13-14H,5,10,12H2,(H,23,24,26). The zero-order valence-corrected chi connectivity index (χ0v) is 17.1. The van der Waals surface area contributed by atoms with Gasteiger partial charge in [-0.25, -0.2) is 0 Å². The Morgan fingerprint density at radius 1 is 1.24 bits per heavy atom. The summed E-state index contributed by atoms with van der Waals surface area (Å²) in [4.78, 5) is 17.6. The van der Waals surface area contributed by atoms with Crippen LogP contribution in [0.4, 0.5) is 5.13 Å². The molecular weight excluding hydrogens is 404 g/mol. The van der Waals surface area contributed by atoms with Crippen LogP contribution in [0.25, 0.3) is 10.9 Å². The van der Waals surface area contributed by atoms with E-state index in [9.17, 15) is 4.79 Å². The number of pyridine rings is 1. The molecule has 5 rings (SSSR count). The Labute approximate surface area is 176 Å². The smallest absolute Gasteiger partial charge is 0.264 e. The van der Waals surface area contributed by atoms with Crippen LogP contribution in [0, 0.1) is 11.8 Å². The van der Waals surface area contributed by atoms with Gasteiger partial charge in [-0.15, -0.1) is 10.2 Å². The second-order valence-electron chi connectivity index (χ2n) is 6.97. The van der Waals surface area contributed by atoms with Gasteiger partial charge in [-0.3, -0.25) is 15.1 Å². The maximum absolute atomic E-state index is 12.2. The number of nitrogens with one attached hydrogen (secondary N) is 1. The number of ether oxygens (including phenoxy) is 1. The van der Waals surface area contributed by atoms with Crippen LogP contribution in [0.1, 0.15) is 12.8 Å². The second kappa shape index (κ2) is 7.96. The first-order valence-electron chi connectivity index (χ1n) is 9.40. The van der Waals surface area contributed by atoms with Gasteiger partial charge >= 0.3 is 0 Å². The van der Waals surface area contributed by atoms with Crippen LogP contribution in [-0.4, -0.2) is 27.7 Å². The van der Waals surface area contributed by atoms with Gasteiger partial charge in [0.15, 0.2) is 10.9 Å². The number of carbonyl (C=O) groups is 1. The quantitative estimate of drug-likeness (QED) is 0.459. The maximum Gasteiger partial charge on any atom is 0.264 e. The molecule has 0 radical (unpaired) electrons. The number of benzene rings is 1. The first kappa shape index (κ1) is 18.3. The number of anilines is 1. The highest BCUT2D eigenvalue weighted by Crippen LogP contribution is 2.43. The third kappa shape index (κ3) is 4.33. The highest BCUT2D eigenvalue weighted by atomic mass is 32.2. The summed E-state index contributed by atoms with van der Waals surface area (Å²) in [6.45, 7) is -0.0197. The van der Waals surface area contributed by atoms with Gasteiger partial charge in [0.1, 0.15) is 0 Å². The van der Waals surface area contributed by atoms with Gasteiger partial charge in [0.25, 0.3) is 5.91 Å². The second-order valence-corrected chi connectivity index (χ2v) is 9.23. The van der Waals surface area contributed by atoms with Crippen LogP contribution in [0.3, 0.4) is 0 Å². The van der Waals surface area contributed by atoms with Crippen molar-refractivity contribution in [2.45, 2.75) is 22.1 Å². The lowest BCUT2D eigenvalue weighted by Crippen LogP contribution is -2.18. The van der Waals surface area contributed by atoms with Crippen LogP contribution in [0.15, 0.2) is 69.8 Å². The minimum atomic E-state index is -0.228. The molecule has 0 bridgehead atoms. The SMILES string of the molecule is O=C(COC1=CC2CC2C=CC1)Nc1nnc(Sc2ccnc3ccccc23)s1. The first-order valence-corrected chi connectivity index (χ1v) is 11.0. The molecule has 2 unspecified atom stereocenters. The molecule has 1 amide bonds. The van der Waals surface area contributed by atoms with Crippen molar-refractivity contribution in [3.63, 3.8) is 0 Å². The van der Waals surface area contributed by atoms with Crippen molar-refractivity contribution >= 4 is 45.0 Å². The van der Waals surface area contributed by atoms with Gasteiger partial charge in [-0.05, 0) is 36.5 Å². The van der Waals surface area contributed by atoms with Crippen molar-refractivity contribution in [2.75, 3.05) is 11.9 Å². The van der Waals surface area contributed by atoms with Crippen LogP contribution in [-0.2, 0) is 9.53 Å². The lowest BCUT2D eigenvalue weighted by atomic mass is 10.2. The van der Waals surface area contributed by atoms with E-state index in [-0.39, 0.29) is 12.5 Å². The van der Waals surface area contributed by atoms with Crippen molar-refractivity contribution in [1.82, 2.24) is 15.2 Å². The number of fused-ring (bicyclic) bond motifs is 2. The zero-order valence-electron chi connectivity index (χ0n) is 15.4. The summed E-state index contributed by atoms with van der Waals surface area (Å²) in [6, 6.07) is 9.93. The summed E-state index contributed by atoms with van der Waals surface area (Å²) in [7, 11) is 0. The summed E-state index contributed by atoms with van der Waals surface area (Å²) >= 11 is 2.86. The van der Waals surface area contributed by atoms with E-state index in [1.165, 1.54) is 29.5 Å². The Kier molecular flexibility index (Phi) is 5.03. The molecule has 2 aromatic heterocycles. The minimum absolute atomic E-state index is 0.0197. The molecule has 0 spiro atoms. The normalized spacial score (nSPS) is 19.9. The molecule has 29 heavy (non-hydrogen) atoms. The zero-order chi connectivity index (χ0) is 19.6. The minimum Gasteiger partial charge on any atom is -0.488 e. The van der Waals surface area contributed by atoms with E-state index in [1.54, 1.807) is 6.20 Å². The van der Waals surface area contributed by atoms with Gasteiger partial charge in [-0.2, -0.15) is 0 Å². The predicted molar refractivity (Wildman–Crippen MR) is 114 cm³/mol. The average molecular weight is 423 g/mol. The summed E-state index contributed by atoms with van der Waals surface area (Å²) < 4.78 is 6.45. The van der Waals surface area contributed by atoms with Crippen molar-refractivity contribution in [3.05, 3.63) is 60.5 Å². The number of hydrogen-bond acceptors (Lipinski definition) is 7. The number of aromatic nitrogens is 3. The Hall–Kier alpha value is -2.71. The molecule has 6 nitrogen and oxygen atoms in total. The van der Waals surface area contributed by atoms with Crippen LogP contribution < -0.4 is 5.32 Å². The Balaban J connectivity index is 1.19. The number of allylic oxidation sites excluding steroid dienone is 3. The lowest BCUT2D eigenvalue weighted by molar-refractivity contribution is -0.119. The van der Waals surface area contributed by atoms with Crippen molar-refractivity contribution in [2.24, 2.45) is 11.8 Å². The molecule has 0 saturated heterocycles. The highest BCUT2D eigenvalue weighted by Gasteiger charge is 2.34. The first-order chi connectivity index (χ1) is 14.2. The fourth-order valence-electron chi connectivity index (χ4n) is 3.29. The molecule has 2 aliphatic rings. The van der Waals surface area contributed by atoms with E-state index in [4.69, 9.17) is 4.74 Å². The molecule has 146 valence electrons. The fourth-order valence-corrected chi connectivity index (χ4v) is 5.14. The number of amides is 1. The van der Waals surface area contributed by atoms with Crippen LogP contribution >= 0.6 is 23.1 Å². The molecule has 3 aromatic rings. The number of para-hydroxylation sites is 1.